The summed E-state index contributed by atoms with van der Waals surface area (Å²) in [5, 5.41) is 17.5. The molecule has 2 heterocycles. The zero-order chi connectivity index (χ0) is 8.55. The van der Waals surface area contributed by atoms with Gasteiger partial charge in [0.15, 0.2) is 0 Å². The fourth-order valence-corrected chi connectivity index (χ4v) is 1.53. The number of fused-ring (bicyclic) bond motifs is 1. The molecule has 0 fully saturated rings. The molecule has 0 radical (unpaired) electrons. The summed E-state index contributed by atoms with van der Waals surface area (Å²) in [4.78, 5) is 14.1. The van der Waals surface area contributed by atoms with Crippen LogP contribution < -0.4 is 24.0 Å². The quantitative estimate of drug-likeness (QED) is 0.432. The summed E-state index contributed by atoms with van der Waals surface area (Å²) in [5.41, 5.74) is 0.536. The molecule has 2 aromatic rings. The van der Waals surface area contributed by atoms with Crippen LogP contribution in [0.5, 0.6) is 0 Å². The molecule has 2 aromatic heterocycles. The Kier molecular flexibility index (Phi) is 2.98. The average Bonchev–Trinajstić information content (AvgIpc) is 2.46. The number of aromatic nitrogens is 3. The molecule has 60 valence electrons. The van der Waals surface area contributed by atoms with Gasteiger partial charge in [0.25, 0.3) is 0 Å². The number of carboxylic acid groups (broad SMARTS) is 1. The Morgan fingerprint density at radius 1 is 1.38 bits per heavy atom. The summed E-state index contributed by atoms with van der Waals surface area (Å²) in [6.07, 6.45) is 2.89. The van der Waals surface area contributed by atoms with Gasteiger partial charge >= 0.3 is 18.9 Å². The third-order valence-electron chi connectivity index (χ3n) is 1.28. The van der Waals surface area contributed by atoms with Crippen LogP contribution in [0.3, 0.4) is 0 Å². The molecule has 0 amide bonds. The zero-order valence-electron chi connectivity index (χ0n) is 6.72. The molecule has 0 atom stereocenters. The van der Waals surface area contributed by atoms with Crippen LogP contribution in [-0.2, 0) is 0 Å². The Morgan fingerprint density at radius 3 is 2.69 bits per heavy atom. The molecular formula is C6H2LiN3O2S. The number of carboxylic acids is 1. The van der Waals surface area contributed by atoms with Crippen molar-refractivity contribution in [2.24, 2.45) is 0 Å². The second-order valence-corrected chi connectivity index (χ2v) is 3.08. The van der Waals surface area contributed by atoms with Gasteiger partial charge in [0.05, 0.1) is 17.1 Å². The number of rotatable bonds is 1. The van der Waals surface area contributed by atoms with E-state index in [1.54, 1.807) is 0 Å². The molecule has 13 heavy (non-hydrogen) atoms. The molecule has 0 aromatic carbocycles. The normalized spacial score (nSPS) is 9.54. The summed E-state index contributed by atoms with van der Waals surface area (Å²) in [5.74, 6) is -1.27. The van der Waals surface area contributed by atoms with E-state index in [1.807, 2.05) is 0 Å². The minimum Gasteiger partial charge on any atom is -0.542 e. The van der Waals surface area contributed by atoms with Crippen LogP contribution in [0.1, 0.15) is 9.80 Å². The van der Waals surface area contributed by atoms with E-state index in [0.29, 0.717) is 10.2 Å². The monoisotopic (exact) mass is 187 g/mol. The second kappa shape index (κ2) is 3.83. The first-order valence-electron chi connectivity index (χ1n) is 3.06. The van der Waals surface area contributed by atoms with Crippen molar-refractivity contribution < 1.29 is 28.8 Å². The average molecular weight is 187 g/mol. The van der Waals surface area contributed by atoms with Crippen molar-refractivity contribution >= 4 is 27.5 Å². The van der Waals surface area contributed by atoms with Gasteiger partial charge in [-0.25, -0.2) is 4.98 Å². The van der Waals surface area contributed by atoms with Crippen molar-refractivity contribution in [3.63, 3.8) is 0 Å². The molecule has 0 aliphatic heterocycles. The van der Waals surface area contributed by atoms with Crippen LogP contribution in [0.4, 0.5) is 0 Å². The van der Waals surface area contributed by atoms with Gasteiger partial charge in [0.2, 0.25) is 0 Å². The van der Waals surface area contributed by atoms with E-state index in [9.17, 15) is 9.90 Å². The van der Waals surface area contributed by atoms with Crippen LogP contribution in [0.15, 0.2) is 12.4 Å². The fraction of sp³-hybridized carbons (Fsp3) is 0. The largest absolute Gasteiger partial charge is 1.00 e. The minimum absolute atomic E-state index is 0. The maximum Gasteiger partial charge on any atom is 1.00 e. The van der Waals surface area contributed by atoms with Gasteiger partial charge < -0.3 is 9.90 Å². The number of carbonyl (C=O) groups excluding carboxylic acids is 1. The predicted molar refractivity (Wildman–Crippen MR) is 39.5 cm³/mol. The number of aromatic carboxylic acids is 1. The van der Waals surface area contributed by atoms with Crippen LogP contribution in [0, 0.1) is 0 Å². The Labute approximate surface area is 89.0 Å². The van der Waals surface area contributed by atoms with Crippen molar-refractivity contribution in [1.82, 2.24) is 15.2 Å². The molecule has 0 aliphatic carbocycles. The van der Waals surface area contributed by atoms with E-state index >= 15 is 0 Å². The van der Waals surface area contributed by atoms with Gasteiger partial charge in [-0.3, -0.25) is 0 Å². The maximum atomic E-state index is 10.4. The van der Waals surface area contributed by atoms with Gasteiger partial charge in [0.1, 0.15) is 16.5 Å². The molecular weight excluding hydrogens is 185 g/mol. The van der Waals surface area contributed by atoms with E-state index in [1.165, 1.54) is 12.4 Å². The summed E-state index contributed by atoms with van der Waals surface area (Å²) < 4.78 is 0.698. The summed E-state index contributed by atoms with van der Waals surface area (Å²) in [6.45, 7) is 0. The Bertz CT molecular complexity index is 411. The number of carbonyl (C=O) groups is 1. The Morgan fingerprint density at radius 2 is 2.08 bits per heavy atom. The van der Waals surface area contributed by atoms with Crippen molar-refractivity contribution in [3.05, 3.63) is 17.4 Å². The third-order valence-corrected chi connectivity index (χ3v) is 2.26. The van der Waals surface area contributed by atoms with E-state index in [0.717, 1.165) is 11.3 Å². The van der Waals surface area contributed by atoms with Crippen molar-refractivity contribution in [2.75, 3.05) is 0 Å². The molecule has 0 saturated heterocycles. The minimum atomic E-state index is -1.27. The molecule has 2 rings (SSSR count). The number of hydrogen-bond acceptors (Lipinski definition) is 6. The first kappa shape index (κ1) is 10.1. The Hall–Kier alpha value is -0.963. The van der Waals surface area contributed by atoms with Gasteiger partial charge in [-0.05, 0) is 0 Å². The van der Waals surface area contributed by atoms with Gasteiger partial charge in [-0.2, -0.15) is 10.2 Å². The van der Waals surface area contributed by atoms with Gasteiger partial charge in [0, 0.05) is 0 Å². The van der Waals surface area contributed by atoms with Gasteiger partial charge in [-0.1, -0.05) is 0 Å². The summed E-state index contributed by atoms with van der Waals surface area (Å²) in [7, 11) is 0. The topological polar surface area (TPSA) is 78.8 Å². The van der Waals surface area contributed by atoms with E-state index < -0.39 is 5.97 Å². The molecule has 0 N–H and O–H groups in total. The second-order valence-electron chi connectivity index (χ2n) is 2.05. The molecule has 0 aliphatic rings. The molecule has 0 unspecified atom stereocenters. The summed E-state index contributed by atoms with van der Waals surface area (Å²) in [6, 6.07) is 0. The molecule has 0 saturated carbocycles. The van der Waals surface area contributed by atoms with E-state index in [4.69, 9.17) is 0 Å². The van der Waals surface area contributed by atoms with Gasteiger partial charge in [-0.15, -0.1) is 11.3 Å². The number of hydrogen-bond donors (Lipinski definition) is 0. The number of nitrogens with zero attached hydrogens (tertiary/aromatic N) is 3. The van der Waals surface area contributed by atoms with Crippen LogP contribution in [0.25, 0.3) is 10.2 Å². The van der Waals surface area contributed by atoms with Crippen LogP contribution >= 0.6 is 11.3 Å². The third kappa shape index (κ3) is 1.86. The standard InChI is InChI=1S/C6H3N3O2S.Li/c10-6(11)5-9-3-1-7-8-2-4(3)12-5;/h1-2H,(H,10,11);/q;+1/p-1. The maximum absolute atomic E-state index is 10.4. The molecule has 0 bridgehead atoms. The molecule has 7 heteroatoms. The molecule has 5 nitrogen and oxygen atoms in total. The van der Waals surface area contributed by atoms with Crippen molar-refractivity contribution in [2.45, 2.75) is 0 Å². The van der Waals surface area contributed by atoms with E-state index in [-0.39, 0.29) is 23.9 Å². The zero-order valence-corrected chi connectivity index (χ0v) is 7.54. The number of thiazole rings is 1. The van der Waals surface area contributed by atoms with E-state index in [2.05, 4.69) is 15.2 Å². The van der Waals surface area contributed by atoms with Crippen LogP contribution in [0.2, 0.25) is 0 Å². The van der Waals surface area contributed by atoms with Crippen molar-refractivity contribution in [1.29, 1.82) is 0 Å². The predicted octanol–water partition coefficient (Wildman–Crippen LogP) is -3.55. The smallest absolute Gasteiger partial charge is 0.542 e. The van der Waals surface area contributed by atoms with Crippen LogP contribution in [-0.4, -0.2) is 21.2 Å². The summed E-state index contributed by atoms with van der Waals surface area (Å²) >= 11 is 1.03. The molecule has 0 spiro atoms. The first-order valence-corrected chi connectivity index (χ1v) is 3.87. The van der Waals surface area contributed by atoms with Crippen molar-refractivity contribution in [3.8, 4) is 0 Å². The first-order chi connectivity index (χ1) is 5.77. The fourth-order valence-electron chi connectivity index (χ4n) is 0.790. The SMILES string of the molecule is O=C([O-])c1nc2cnncc2s1.[Li+]. The Balaban J connectivity index is 0.000000845.